The Hall–Kier alpha value is -1.10. The molecule has 0 aliphatic carbocycles. The van der Waals surface area contributed by atoms with Crippen molar-refractivity contribution in [3.8, 4) is 0 Å². The van der Waals surface area contributed by atoms with Crippen LogP contribution in [-0.2, 0) is 4.79 Å². The number of anilines is 1. The van der Waals surface area contributed by atoms with Gasteiger partial charge in [0, 0.05) is 38.6 Å². The second-order valence-electron chi connectivity index (χ2n) is 2.80. The average molecular weight is 199 g/mol. The van der Waals surface area contributed by atoms with E-state index in [1.54, 1.807) is 25.2 Å². The maximum absolute atomic E-state index is 11.1. The Balaban J connectivity index is 2.18. The van der Waals surface area contributed by atoms with Crippen LogP contribution in [0.3, 0.4) is 0 Å². The van der Waals surface area contributed by atoms with E-state index in [9.17, 15) is 4.79 Å². The van der Waals surface area contributed by atoms with Gasteiger partial charge in [-0.15, -0.1) is 11.3 Å². The van der Waals surface area contributed by atoms with Gasteiger partial charge in [-0.2, -0.15) is 0 Å². The highest BCUT2D eigenvalue weighted by atomic mass is 32.1. The summed E-state index contributed by atoms with van der Waals surface area (Å²) in [5, 5.41) is 5.84. The third-order valence-electron chi connectivity index (χ3n) is 1.55. The Morgan fingerprint density at radius 2 is 2.46 bits per heavy atom. The van der Waals surface area contributed by atoms with E-state index < -0.39 is 0 Å². The smallest absolute Gasteiger partial charge is 0.223 e. The van der Waals surface area contributed by atoms with Crippen LogP contribution >= 0.6 is 11.3 Å². The number of hydrogen-bond donors (Lipinski definition) is 1. The largest absolute Gasteiger partial charge is 0.361 e. The first-order valence-corrected chi connectivity index (χ1v) is 4.91. The molecule has 0 aliphatic heterocycles. The number of thiazole rings is 1. The zero-order chi connectivity index (χ0) is 9.68. The van der Waals surface area contributed by atoms with Gasteiger partial charge in [-0.1, -0.05) is 0 Å². The Morgan fingerprint density at radius 1 is 1.69 bits per heavy atom. The number of nitrogens with one attached hydrogen (secondary N) is 1. The molecule has 0 aromatic carbocycles. The number of aromatic nitrogens is 1. The van der Waals surface area contributed by atoms with E-state index in [-0.39, 0.29) is 5.91 Å². The van der Waals surface area contributed by atoms with Crippen molar-refractivity contribution in [1.29, 1.82) is 0 Å². The zero-order valence-corrected chi connectivity index (χ0v) is 8.60. The van der Waals surface area contributed by atoms with Gasteiger partial charge in [-0.05, 0) is 0 Å². The number of carbonyl (C=O) groups excluding carboxylic acids is 1. The zero-order valence-electron chi connectivity index (χ0n) is 7.78. The maximum atomic E-state index is 11.1. The van der Waals surface area contributed by atoms with Crippen LogP contribution in [0.15, 0.2) is 11.6 Å². The van der Waals surface area contributed by atoms with Crippen molar-refractivity contribution in [1.82, 2.24) is 9.88 Å². The molecule has 0 bridgehead atoms. The number of nitrogens with zero attached hydrogens (tertiary/aromatic N) is 2. The second-order valence-corrected chi connectivity index (χ2v) is 3.70. The monoisotopic (exact) mass is 199 g/mol. The molecule has 4 nitrogen and oxygen atoms in total. The van der Waals surface area contributed by atoms with Gasteiger partial charge in [0.2, 0.25) is 5.91 Å². The molecule has 5 heteroatoms. The molecule has 0 saturated carbocycles. The molecule has 1 aromatic heterocycles. The molecule has 0 unspecified atom stereocenters. The summed E-state index contributed by atoms with van der Waals surface area (Å²) in [7, 11) is 3.51. The van der Waals surface area contributed by atoms with E-state index in [1.165, 1.54) is 11.3 Å². The molecule has 0 spiro atoms. The maximum Gasteiger partial charge on any atom is 0.223 e. The van der Waals surface area contributed by atoms with Crippen molar-refractivity contribution in [2.24, 2.45) is 0 Å². The first-order chi connectivity index (χ1) is 6.20. The van der Waals surface area contributed by atoms with Crippen molar-refractivity contribution in [3.05, 3.63) is 11.6 Å². The summed E-state index contributed by atoms with van der Waals surface area (Å²) in [6, 6.07) is 0. The van der Waals surface area contributed by atoms with Crippen LogP contribution < -0.4 is 5.32 Å². The molecule has 1 N–H and O–H groups in total. The molecule has 1 aromatic rings. The Morgan fingerprint density at radius 3 is 3.00 bits per heavy atom. The van der Waals surface area contributed by atoms with E-state index in [0.717, 1.165) is 5.13 Å². The first-order valence-electron chi connectivity index (χ1n) is 4.03. The molecular formula is C8H13N3OS. The summed E-state index contributed by atoms with van der Waals surface area (Å²) < 4.78 is 0. The van der Waals surface area contributed by atoms with Crippen molar-refractivity contribution >= 4 is 22.4 Å². The quantitative estimate of drug-likeness (QED) is 0.788. The van der Waals surface area contributed by atoms with E-state index in [1.807, 2.05) is 5.38 Å². The fraction of sp³-hybridized carbons (Fsp3) is 0.500. The van der Waals surface area contributed by atoms with Crippen molar-refractivity contribution in [2.45, 2.75) is 6.42 Å². The highest BCUT2D eigenvalue weighted by Gasteiger charge is 2.02. The lowest BCUT2D eigenvalue weighted by molar-refractivity contribution is -0.128. The van der Waals surface area contributed by atoms with Crippen LogP contribution in [-0.4, -0.2) is 36.4 Å². The number of hydrogen-bond acceptors (Lipinski definition) is 4. The van der Waals surface area contributed by atoms with Gasteiger partial charge in [-0.3, -0.25) is 4.79 Å². The van der Waals surface area contributed by atoms with E-state index in [0.29, 0.717) is 13.0 Å². The highest BCUT2D eigenvalue weighted by molar-refractivity contribution is 7.13. The molecule has 0 atom stereocenters. The van der Waals surface area contributed by atoms with Crippen LogP contribution in [0.1, 0.15) is 6.42 Å². The average Bonchev–Trinajstić information content (AvgIpc) is 2.56. The lowest BCUT2D eigenvalue weighted by Gasteiger charge is -2.09. The summed E-state index contributed by atoms with van der Waals surface area (Å²) in [6.07, 6.45) is 2.24. The Bertz CT molecular complexity index is 258. The third kappa shape index (κ3) is 3.42. The minimum absolute atomic E-state index is 0.129. The topological polar surface area (TPSA) is 45.2 Å². The molecule has 0 saturated heterocycles. The lowest BCUT2D eigenvalue weighted by Crippen LogP contribution is -2.23. The van der Waals surface area contributed by atoms with E-state index in [4.69, 9.17) is 0 Å². The Labute approximate surface area is 81.6 Å². The minimum Gasteiger partial charge on any atom is -0.361 e. The van der Waals surface area contributed by atoms with Crippen molar-refractivity contribution in [3.63, 3.8) is 0 Å². The van der Waals surface area contributed by atoms with Gasteiger partial charge in [0.05, 0.1) is 0 Å². The molecule has 1 amide bonds. The van der Waals surface area contributed by atoms with Crippen molar-refractivity contribution in [2.75, 3.05) is 26.0 Å². The van der Waals surface area contributed by atoms with E-state index in [2.05, 4.69) is 10.3 Å². The normalized spacial score (nSPS) is 9.69. The van der Waals surface area contributed by atoms with Crippen LogP contribution in [0.25, 0.3) is 0 Å². The molecule has 0 aliphatic rings. The first kappa shape index (κ1) is 9.98. The number of amides is 1. The molecule has 1 rings (SSSR count). The fourth-order valence-electron chi connectivity index (χ4n) is 0.811. The SMILES string of the molecule is CN(C)C(=O)CCNc1nccs1. The van der Waals surface area contributed by atoms with Gasteiger partial charge < -0.3 is 10.2 Å². The van der Waals surface area contributed by atoms with E-state index >= 15 is 0 Å². The molecule has 0 radical (unpaired) electrons. The summed E-state index contributed by atoms with van der Waals surface area (Å²) in [5.41, 5.74) is 0. The Kier molecular flexibility index (Phi) is 3.70. The molecule has 72 valence electrons. The highest BCUT2D eigenvalue weighted by Crippen LogP contribution is 2.09. The molecule has 13 heavy (non-hydrogen) atoms. The fourth-order valence-corrected chi connectivity index (χ4v) is 1.37. The van der Waals surface area contributed by atoms with Gasteiger partial charge in [-0.25, -0.2) is 4.98 Å². The molecule has 1 heterocycles. The van der Waals surface area contributed by atoms with Crippen LogP contribution in [0, 0.1) is 0 Å². The van der Waals surface area contributed by atoms with Crippen LogP contribution in [0.2, 0.25) is 0 Å². The molecule has 0 fully saturated rings. The van der Waals surface area contributed by atoms with Crippen LogP contribution in [0.4, 0.5) is 5.13 Å². The predicted molar refractivity (Wildman–Crippen MR) is 53.9 cm³/mol. The number of rotatable bonds is 4. The molecular weight excluding hydrogens is 186 g/mol. The number of carbonyl (C=O) groups is 1. The van der Waals surface area contributed by atoms with Gasteiger partial charge in [0.15, 0.2) is 5.13 Å². The summed E-state index contributed by atoms with van der Waals surface area (Å²) >= 11 is 1.54. The third-order valence-corrected chi connectivity index (χ3v) is 2.28. The standard InChI is InChI=1S/C8H13N3OS/c1-11(2)7(12)3-4-9-8-10-5-6-13-8/h5-6H,3-4H2,1-2H3,(H,9,10). The van der Waals surface area contributed by atoms with Crippen LogP contribution in [0.5, 0.6) is 0 Å². The van der Waals surface area contributed by atoms with Gasteiger partial charge >= 0.3 is 0 Å². The second kappa shape index (κ2) is 4.81. The minimum atomic E-state index is 0.129. The predicted octanol–water partition coefficient (Wildman–Crippen LogP) is 1.03. The van der Waals surface area contributed by atoms with Crippen molar-refractivity contribution < 1.29 is 4.79 Å². The summed E-state index contributed by atoms with van der Waals surface area (Å²) in [4.78, 5) is 16.8. The van der Waals surface area contributed by atoms with Gasteiger partial charge in [0.25, 0.3) is 0 Å². The summed E-state index contributed by atoms with van der Waals surface area (Å²) in [5.74, 6) is 0.129. The summed E-state index contributed by atoms with van der Waals surface area (Å²) in [6.45, 7) is 0.643. The van der Waals surface area contributed by atoms with Gasteiger partial charge in [0.1, 0.15) is 0 Å². The lowest BCUT2D eigenvalue weighted by atomic mass is 10.4.